The number of hydrogen-bond donors (Lipinski definition) is 1. The lowest BCUT2D eigenvalue weighted by atomic mass is 9.48. The highest BCUT2D eigenvalue weighted by Crippen LogP contribution is 2.64. The molecule has 0 aliphatic heterocycles. The number of fused-ring (bicyclic) bond motifs is 5. The van der Waals surface area contributed by atoms with Crippen LogP contribution in [-0.4, -0.2) is 26.2 Å². The standard InChI is InChI=1S/C28H38N2O4S/c1-18-5-8-22(9-6-18)35(32,33)30-29-26-12-11-24-23-10-7-20-17-21(34-19(2)31)13-15-27(20,3)25(23)14-16-28(24,26)4/h5-9,21,23-25,30H,10-17H2,1-4H3/b29-26-/t21-,23-,24-,25-,27-,28-/m0/s1. The fourth-order valence-corrected chi connectivity index (χ4v) is 8.65. The molecule has 0 saturated heterocycles. The van der Waals surface area contributed by atoms with E-state index in [1.54, 1.807) is 24.3 Å². The zero-order valence-corrected chi connectivity index (χ0v) is 22.2. The predicted molar refractivity (Wildman–Crippen MR) is 136 cm³/mol. The van der Waals surface area contributed by atoms with Gasteiger partial charge in [-0.2, -0.15) is 13.5 Å². The predicted octanol–water partition coefficient (Wildman–Crippen LogP) is 5.52. The Morgan fingerprint density at radius 1 is 1.06 bits per heavy atom. The van der Waals surface area contributed by atoms with Gasteiger partial charge in [-0.3, -0.25) is 4.79 Å². The van der Waals surface area contributed by atoms with Gasteiger partial charge in [-0.05, 0) is 87.2 Å². The van der Waals surface area contributed by atoms with E-state index in [0.29, 0.717) is 17.8 Å². The number of allylic oxidation sites excluding steroid dienone is 1. The summed E-state index contributed by atoms with van der Waals surface area (Å²) in [6.07, 6.45) is 10.5. The van der Waals surface area contributed by atoms with E-state index in [1.165, 1.54) is 12.5 Å². The third-order valence-electron chi connectivity index (χ3n) is 9.76. The largest absolute Gasteiger partial charge is 0.462 e. The van der Waals surface area contributed by atoms with Gasteiger partial charge >= 0.3 is 5.97 Å². The number of aryl methyl sites for hydroxylation is 1. The highest BCUT2D eigenvalue weighted by molar-refractivity contribution is 7.89. The number of benzene rings is 1. The van der Waals surface area contributed by atoms with Crippen LogP contribution in [0.4, 0.5) is 0 Å². The van der Waals surface area contributed by atoms with Gasteiger partial charge in [0.25, 0.3) is 10.0 Å². The first kappa shape index (κ1) is 24.5. The minimum atomic E-state index is -3.67. The van der Waals surface area contributed by atoms with E-state index >= 15 is 0 Å². The summed E-state index contributed by atoms with van der Waals surface area (Å²) in [4.78, 5) is 14.3. The number of sulfonamides is 1. The Morgan fingerprint density at radius 3 is 2.46 bits per heavy atom. The third-order valence-corrected chi connectivity index (χ3v) is 11.0. The molecule has 0 unspecified atom stereocenters. The smallest absolute Gasteiger partial charge is 0.302 e. The molecule has 4 aliphatic rings. The zero-order chi connectivity index (χ0) is 25.0. The summed E-state index contributed by atoms with van der Waals surface area (Å²) in [5, 5.41) is 4.54. The van der Waals surface area contributed by atoms with Crippen molar-refractivity contribution in [3.8, 4) is 0 Å². The summed E-state index contributed by atoms with van der Waals surface area (Å²) in [5.41, 5.74) is 3.63. The molecule has 0 spiro atoms. The molecule has 35 heavy (non-hydrogen) atoms. The SMILES string of the molecule is CC(=O)O[C@H]1CC[C@@]2(C)C(=CC[C@@H]3[C@@H]2CC[C@]2(C)/C(=N\NS(=O)(=O)c4ccc(C)cc4)CC[C@@H]32)C1. The normalized spacial score (nSPS) is 37.6. The van der Waals surface area contributed by atoms with Crippen LogP contribution in [0.15, 0.2) is 45.9 Å². The summed E-state index contributed by atoms with van der Waals surface area (Å²) >= 11 is 0. The molecule has 3 fully saturated rings. The van der Waals surface area contributed by atoms with E-state index < -0.39 is 10.0 Å². The Bertz CT molecular complexity index is 1170. The maximum atomic E-state index is 12.8. The molecule has 1 aromatic carbocycles. The first-order chi connectivity index (χ1) is 16.5. The molecule has 0 radical (unpaired) electrons. The van der Waals surface area contributed by atoms with Crippen LogP contribution in [0.3, 0.4) is 0 Å². The Kier molecular flexibility index (Phi) is 6.14. The highest BCUT2D eigenvalue weighted by atomic mass is 32.2. The van der Waals surface area contributed by atoms with Crippen molar-refractivity contribution in [1.82, 2.24) is 4.83 Å². The number of ether oxygens (including phenoxy) is 1. The van der Waals surface area contributed by atoms with E-state index in [1.807, 2.05) is 6.92 Å². The Balaban J connectivity index is 1.34. The average molecular weight is 499 g/mol. The van der Waals surface area contributed by atoms with E-state index in [4.69, 9.17) is 4.74 Å². The van der Waals surface area contributed by atoms with Crippen LogP contribution >= 0.6 is 0 Å². The van der Waals surface area contributed by atoms with Gasteiger partial charge in [0.1, 0.15) is 6.10 Å². The second-order valence-corrected chi connectivity index (χ2v) is 13.4. The van der Waals surface area contributed by atoms with Crippen LogP contribution in [0.25, 0.3) is 0 Å². The molecule has 3 saturated carbocycles. The molecule has 4 aliphatic carbocycles. The lowest BCUT2D eigenvalue weighted by Gasteiger charge is -2.57. The van der Waals surface area contributed by atoms with Crippen molar-refractivity contribution in [3.05, 3.63) is 41.5 Å². The quantitative estimate of drug-likeness (QED) is 0.336. The van der Waals surface area contributed by atoms with Crippen molar-refractivity contribution < 1.29 is 17.9 Å². The van der Waals surface area contributed by atoms with Gasteiger partial charge in [0.2, 0.25) is 0 Å². The molecule has 1 aromatic rings. The minimum Gasteiger partial charge on any atom is -0.462 e. The number of carbonyl (C=O) groups is 1. The second-order valence-electron chi connectivity index (χ2n) is 11.7. The van der Waals surface area contributed by atoms with Crippen molar-refractivity contribution in [1.29, 1.82) is 0 Å². The number of hydrogen-bond acceptors (Lipinski definition) is 5. The number of rotatable bonds is 4. The van der Waals surface area contributed by atoms with Crippen LogP contribution in [0.1, 0.15) is 77.7 Å². The summed E-state index contributed by atoms with van der Waals surface area (Å²) in [6.45, 7) is 8.18. The Morgan fingerprint density at radius 2 is 1.74 bits per heavy atom. The van der Waals surface area contributed by atoms with Gasteiger partial charge in [0.15, 0.2) is 0 Å². The molecular formula is C28H38N2O4S. The molecule has 0 amide bonds. The average Bonchev–Trinajstić information content (AvgIpc) is 3.14. The molecule has 6 atom stereocenters. The third kappa shape index (κ3) is 4.24. The van der Waals surface area contributed by atoms with Crippen LogP contribution in [0.5, 0.6) is 0 Å². The highest BCUT2D eigenvalue weighted by Gasteiger charge is 2.58. The van der Waals surface area contributed by atoms with E-state index in [-0.39, 0.29) is 27.8 Å². The van der Waals surface area contributed by atoms with Crippen LogP contribution in [0.2, 0.25) is 0 Å². The molecular weight excluding hydrogens is 460 g/mol. The van der Waals surface area contributed by atoms with Gasteiger partial charge in [-0.15, -0.1) is 0 Å². The molecule has 1 N–H and O–H groups in total. The first-order valence-electron chi connectivity index (χ1n) is 13.1. The van der Waals surface area contributed by atoms with Crippen LogP contribution in [-0.2, 0) is 19.6 Å². The van der Waals surface area contributed by atoms with Crippen LogP contribution in [0, 0.1) is 35.5 Å². The maximum Gasteiger partial charge on any atom is 0.302 e. The molecule has 0 aromatic heterocycles. The fraction of sp³-hybridized carbons (Fsp3) is 0.643. The molecule has 5 rings (SSSR count). The van der Waals surface area contributed by atoms with E-state index in [2.05, 4.69) is 29.9 Å². The fourth-order valence-electron chi connectivity index (χ4n) is 7.82. The van der Waals surface area contributed by atoms with Crippen molar-refractivity contribution in [2.75, 3.05) is 0 Å². The van der Waals surface area contributed by atoms with Crippen LogP contribution < -0.4 is 4.83 Å². The van der Waals surface area contributed by atoms with E-state index in [9.17, 15) is 13.2 Å². The summed E-state index contributed by atoms with van der Waals surface area (Å²) in [7, 11) is -3.67. The number of hydrazone groups is 1. The maximum absolute atomic E-state index is 12.8. The second kappa shape index (κ2) is 8.75. The van der Waals surface area contributed by atoms with Crippen molar-refractivity contribution in [3.63, 3.8) is 0 Å². The molecule has 7 heteroatoms. The van der Waals surface area contributed by atoms with Crippen molar-refractivity contribution in [2.24, 2.45) is 33.7 Å². The molecule has 190 valence electrons. The molecule has 0 bridgehead atoms. The summed E-state index contributed by atoms with van der Waals surface area (Å²) in [6, 6.07) is 6.87. The van der Waals surface area contributed by atoms with Crippen molar-refractivity contribution in [2.45, 2.75) is 90.1 Å². The molecule has 6 nitrogen and oxygen atoms in total. The van der Waals surface area contributed by atoms with Gasteiger partial charge < -0.3 is 4.74 Å². The number of esters is 1. The summed E-state index contributed by atoms with van der Waals surface area (Å²) in [5.74, 6) is 1.55. The number of nitrogens with one attached hydrogen (secondary N) is 1. The van der Waals surface area contributed by atoms with Gasteiger partial charge in [-0.25, -0.2) is 4.83 Å². The molecule has 0 heterocycles. The van der Waals surface area contributed by atoms with Gasteiger partial charge in [-0.1, -0.05) is 43.2 Å². The van der Waals surface area contributed by atoms with E-state index in [0.717, 1.165) is 62.6 Å². The topological polar surface area (TPSA) is 84.8 Å². The van der Waals surface area contributed by atoms with Gasteiger partial charge in [0.05, 0.1) is 4.90 Å². The van der Waals surface area contributed by atoms with Gasteiger partial charge in [0, 0.05) is 24.5 Å². The Labute approximate surface area is 209 Å². The first-order valence-corrected chi connectivity index (χ1v) is 14.5. The van der Waals surface area contributed by atoms with Crippen molar-refractivity contribution >= 4 is 21.7 Å². The zero-order valence-electron chi connectivity index (χ0n) is 21.3. The lowest BCUT2D eigenvalue weighted by molar-refractivity contribution is -0.148. The lowest BCUT2D eigenvalue weighted by Crippen LogP contribution is -2.50. The summed E-state index contributed by atoms with van der Waals surface area (Å²) < 4.78 is 31.2. The Hall–Kier alpha value is -2.15. The number of nitrogens with zero attached hydrogens (tertiary/aromatic N) is 1. The number of carbonyl (C=O) groups excluding carboxylic acids is 1. The monoisotopic (exact) mass is 498 g/mol. The minimum absolute atomic E-state index is 0.0176.